The first kappa shape index (κ1) is 23.8. The number of carbonyl (C=O) groups is 2. The van der Waals surface area contributed by atoms with Gasteiger partial charge in [0.2, 0.25) is 11.8 Å². The lowest BCUT2D eigenvalue weighted by Crippen LogP contribution is -2.61. The lowest BCUT2D eigenvalue weighted by Gasteiger charge is -2.35. The number of hydrogen-bond acceptors (Lipinski definition) is 5. The minimum Gasteiger partial charge on any atom is -0.325 e. The number of para-hydroxylation sites is 1. The van der Waals surface area contributed by atoms with Crippen LogP contribution in [0.15, 0.2) is 61.1 Å². The number of aromatic nitrogens is 2. The van der Waals surface area contributed by atoms with Gasteiger partial charge in [-0.3, -0.25) is 9.59 Å². The van der Waals surface area contributed by atoms with Crippen LogP contribution in [0.25, 0.3) is 5.69 Å². The molecule has 0 aliphatic carbocycles. The lowest BCUT2D eigenvalue weighted by atomic mass is 10.1. The highest BCUT2D eigenvalue weighted by atomic mass is 35.5. The van der Waals surface area contributed by atoms with Crippen molar-refractivity contribution >= 4 is 45.1 Å². The maximum Gasteiger partial charge on any atom is 0.280 e. The Hall–Kier alpha value is -3.32. The summed E-state index contributed by atoms with van der Waals surface area (Å²) >= 11 is 5.74. The molecule has 178 valence electrons. The first-order valence-corrected chi connectivity index (χ1v) is 11.9. The molecule has 2 aromatic carbocycles. The summed E-state index contributed by atoms with van der Waals surface area (Å²) in [7, 11) is -2.91. The van der Waals surface area contributed by atoms with Gasteiger partial charge in [-0.05, 0) is 36.8 Å². The first-order chi connectivity index (χ1) is 16.1. The van der Waals surface area contributed by atoms with Crippen LogP contribution in [0, 0.1) is 5.82 Å². The van der Waals surface area contributed by atoms with Crippen LogP contribution in [-0.2, 0) is 19.8 Å². The molecule has 2 amide bonds. The fourth-order valence-corrected chi connectivity index (χ4v) is 4.85. The van der Waals surface area contributed by atoms with Gasteiger partial charge in [-0.25, -0.2) is 9.37 Å². The molecule has 0 spiro atoms. The Morgan fingerprint density at radius 3 is 2.59 bits per heavy atom. The van der Waals surface area contributed by atoms with E-state index in [9.17, 15) is 22.4 Å². The zero-order chi connectivity index (χ0) is 24.5. The summed E-state index contributed by atoms with van der Waals surface area (Å²) in [6.07, 6.45) is 2.94. The predicted octanol–water partition coefficient (Wildman–Crippen LogP) is 2.15. The van der Waals surface area contributed by atoms with Crippen molar-refractivity contribution in [3.05, 3.63) is 71.9 Å². The molecular weight excluding hydrogens is 487 g/mol. The van der Waals surface area contributed by atoms with Crippen LogP contribution >= 0.6 is 11.6 Å². The number of anilines is 2. The van der Waals surface area contributed by atoms with Gasteiger partial charge >= 0.3 is 0 Å². The summed E-state index contributed by atoms with van der Waals surface area (Å²) in [5.74, 6) is -1.80. The van der Waals surface area contributed by atoms with Gasteiger partial charge in [0.1, 0.15) is 24.2 Å². The Morgan fingerprint density at radius 2 is 1.88 bits per heavy atom. The van der Waals surface area contributed by atoms with Gasteiger partial charge < -0.3 is 15.2 Å². The van der Waals surface area contributed by atoms with Crippen LogP contribution in [0.5, 0.6) is 0 Å². The number of hydrogen-bond donors (Lipinski definition) is 3. The Kier molecular flexibility index (Phi) is 6.66. The monoisotopic (exact) mass is 506 g/mol. The van der Waals surface area contributed by atoms with Crippen LogP contribution in [-0.4, -0.2) is 53.2 Å². The third-order valence-electron chi connectivity index (χ3n) is 5.26. The second-order valence-electron chi connectivity index (χ2n) is 7.55. The molecule has 2 atom stereocenters. The van der Waals surface area contributed by atoms with Crippen molar-refractivity contribution in [2.75, 3.05) is 17.7 Å². The van der Waals surface area contributed by atoms with Gasteiger partial charge in [0.25, 0.3) is 10.2 Å². The van der Waals surface area contributed by atoms with Crippen molar-refractivity contribution in [1.82, 2.24) is 18.6 Å². The molecule has 1 aliphatic rings. The van der Waals surface area contributed by atoms with Gasteiger partial charge in [0, 0.05) is 18.4 Å². The van der Waals surface area contributed by atoms with E-state index in [0.717, 1.165) is 16.1 Å². The Balaban J connectivity index is 1.48. The molecule has 0 bridgehead atoms. The third kappa shape index (κ3) is 5.09. The molecule has 3 N–H and O–H groups in total. The molecular formula is C21H20ClFN6O4S. The van der Waals surface area contributed by atoms with E-state index in [4.69, 9.17) is 11.6 Å². The van der Waals surface area contributed by atoms with E-state index in [2.05, 4.69) is 20.3 Å². The molecule has 34 heavy (non-hydrogen) atoms. The minimum absolute atomic E-state index is 0.151. The van der Waals surface area contributed by atoms with E-state index in [1.54, 1.807) is 10.8 Å². The summed E-state index contributed by atoms with van der Waals surface area (Å²) in [6.45, 7) is 0. The standard InChI is InChI=1S/C21H20ClFN6O4S/c1-28-18(21(31)25-13-7-8-16(23)15(22)9-13)10-17(27-34(28,32)33)20(30)26-19-11-29(12-24-19)14-5-3-2-4-6-14/h2-9,11-12,17-18,27H,10H2,1H3,(H,25,31)(H,26,30). The third-order valence-corrected chi connectivity index (χ3v) is 7.15. The highest BCUT2D eigenvalue weighted by Crippen LogP contribution is 2.23. The van der Waals surface area contributed by atoms with Crippen LogP contribution in [0.2, 0.25) is 5.02 Å². The summed E-state index contributed by atoms with van der Waals surface area (Å²) in [6, 6.07) is 10.4. The first-order valence-electron chi connectivity index (χ1n) is 10.1. The normalized spacial score (nSPS) is 20.0. The van der Waals surface area contributed by atoms with Crippen molar-refractivity contribution in [3.8, 4) is 5.69 Å². The summed E-state index contributed by atoms with van der Waals surface area (Å²) < 4.78 is 43.3. The molecule has 4 rings (SSSR count). The number of amides is 2. The second-order valence-corrected chi connectivity index (χ2v) is 9.72. The second kappa shape index (κ2) is 9.50. The van der Waals surface area contributed by atoms with Crippen LogP contribution < -0.4 is 15.4 Å². The fraction of sp³-hybridized carbons (Fsp3) is 0.190. The molecule has 1 fully saturated rings. The molecule has 2 unspecified atom stereocenters. The van der Waals surface area contributed by atoms with Gasteiger partial charge in [0.15, 0.2) is 5.82 Å². The van der Waals surface area contributed by atoms with Gasteiger partial charge in [-0.1, -0.05) is 29.8 Å². The molecule has 0 saturated carbocycles. The smallest absolute Gasteiger partial charge is 0.280 e. The number of rotatable bonds is 5. The van der Waals surface area contributed by atoms with Crippen molar-refractivity contribution in [2.24, 2.45) is 0 Å². The highest BCUT2D eigenvalue weighted by Gasteiger charge is 2.42. The van der Waals surface area contributed by atoms with Gasteiger partial charge in [0.05, 0.1) is 11.2 Å². The number of nitrogens with one attached hydrogen (secondary N) is 3. The number of carbonyl (C=O) groups excluding carboxylic acids is 2. The molecule has 1 saturated heterocycles. The van der Waals surface area contributed by atoms with Crippen molar-refractivity contribution in [3.63, 3.8) is 0 Å². The summed E-state index contributed by atoms with van der Waals surface area (Å²) in [5.41, 5.74) is 1.02. The van der Waals surface area contributed by atoms with E-state index >= 15 is 0 Å². The molecule has 3 aromatic rings. The molecule has 1 aliphatic heterocycles. The average Bonchev–Trinajstić information content (AvgIpc) is 3.27. The molecule has 2 heterocycles. The minimum atomic E-state index is -4.14. The molecule has 10 nitrogen and oxygen atoms in total. The van der Waals surface area contributed by atoms with Crippen molar-refractivity contribution < 1.29 is 22.4 Å². The van der Waals surface area contributed by atoms with E-state index in [0.29, 0.717) is 0 Å². The fourth-order valence-electron chi connectivity index (χ4n) is 3.42. The largest absolute Gasteiger partial charge is 0.325 e. The Labute approximate surface area is 199 Å². The number of halogens is 2. The SMILES string of the molecule is CN1C(C(=O)Nc2ccc(F)c(Cl)c2)CC(C(=O)Nc2cn(-c3ccccc3)cn2)NS1(=O)=O. The molecule has 13 heteroatoms. The predicted molar refractivity (Wildman–Crippen MR) is 124 cm³/mol. The quantitative estimate of drug-likeness (QED) is 0.489. The van der Waals surface area contributed by atoms with Gasteiger partial charge in [-0.2, -0.15) is 17.4 Å². The van der Waals surface area contributed by atoms with Crippen molar-refractivity contribution in [2.45, 2.75) is 18.5 Å². The number of imidazole rings is 1. The average molecular weight is 507 g/mol. The number of likely N-dealkylation sites (N-methyl/N-ethyl adjacent to an activating group) is 1. The van der Waals surface area contributed by atoms with E-state index < -0.39 is 39.9 Å². The lowest BCUT2D eigenvalue weighted by molar-refractivity contribution is -0.121. The Morgan fingerprint density at radius 1 is 1.15 bits per heavy atom. The summed E-state index contributed by atoms with van der Waals surface area (Å²) in [5, 5.41) is 4.88. The highest BCUT2D eigenvalue weighted by molar-refractivity contribution is 7.87. The molecule has 0 radical (unpaired) electrons. The van der Waals surface area contributed by atoms with E-state index in [-0.39, 0.29) is 22.9 Å². The van der Waals surface area contributed by atoms with Crippen LogP contribution in [0.3, 0.4) is 0 Å². The topological polar surface area (TPSA) is 125 Å². The molecule has 1 aromatic heterocycles. The number of benzene rings is 2. The van der Waals surface area contributed by atoms with E-state index in [1.165, 1.54) is 25.5 Å². The van der Waals surface area contributed by atoms with Crippen molar-refractivity contribution in [1.29, 1.82) is 0 Å². The maximum atomic E-state index is 13.4. The van der Waals surface area contributed by atoms with Crippen LogP contribution in [0.1, 0.15) is 6.42 Å². The summed E-state index contributed by atoms with van der Waals surface area (Å²) in [4.78, 5) is 29.8. The maximum absolute atomic E-state index is 13.4. The van der Waals surface area contributed by atoms with E-state index in [1.807, 2.05) is 30.3 Å². The van der Waals surface area contributed by atoms with Crippen LogP contribution in [0.4, 0.5) is 15.9 Å². The Bertz CT molecular complexity index is 1330. The zero-order valence-electron chi connectivity index (χ0n) is 17.8. The van der Waals surface area contributed by atoms with Gasteiger partial charge in [-0.15, -0.1) is 0 Å². The zero-order valence-corrected chi connectivity index (χ0v) is 19.3. The number of nitrogens with zero attached hydrogens (tertiary/aromatic N) is 3.